The molecule has 0 radical (unpaired) electrons. The van der Waals surface area contributed by atoms with Crippen LogP contribution in [0.3, 0.4) is 0 Å². The number of fused-ring (bicyclic) bond motifs is 1. The molecule has 6 nitrogen and oxygen atoms in total. The summed E-state index contributed by atoms with van der Waals surface area (Å²) in [4.78, 5) is 27.5. The topological polar surface area (TPSA) is 75.2 Å². The second-order valence-electron chi connectivity index (χ2n) is 7.48. The average Bonchev–Trinajstić information content (AvgIpc) is 3.48. The lowest BCUT2D eigenvalue weighted by atomic mass is 10.1. The molecule has 5 rings (SSSR count). The quantitative estimate of drug-likeness (QED) is 0.363. The zero-order valence-electron chi connectivity index (χ0n) is 16.8. The lowest BCUT2D eigenvalue weighted by Gasteiger charge is -2.17. The van der Waals surface area contributed by atoms with E-state index in [9.17, 15) is 9.59 Å². The van der Waals surface area contributed by atoms with E-state index < -0.39 is 0 Å². The van der Waals surface area contributed by atoms with E-state index in [-0.39, 0.29) is 17.7 Å². The Morgan fingerprint density at radius 2 is 1.97 bits per heavy atom. The summed E-state index contributed by atoms with van der Waals surface area (Å²) in [6.45, 7) is 2.41. The maximum atomic E-state index is 12.8. The van der Waals surface area contributed by atoms with Crippen molar-refractivity contribution in [1.29, 1.82) is 0 Å². The molecule has 1 atom stereocenters. The van der Waals surface area contributed by atoms with Crippen LogP contribution in [0, 0.1) is 6.92 Å². The predicted molar refractivity (Wildman–Crippen MR) is 131 cm³/mol. The van der Waals surface area contributed by atoms with E-state index in [2.05, 4.69) is 15.5 Å². The molecule has 10 heteroatoms. The van der Waals surface area contributed by atoms with Gasteiger partial charge in [0.1, 0.15) is 9.88 Å². The second kappa shape index (κ2) is 8.44. The minimum atomic E-state index is -0.322. The van der Waals surface area contributed by atoms with E-state index in [1.807, 2.05) is 43.3 Å². The Balaban J connectivity index is 1.31. The number of aryl methyl sites for hydroxylation is 1. The van der Waals surface area contributed by atoms with Crippen LogP contribution in [0.2, 0.25) is 10.0 Å². The first kappa shape index (κ1) is 21.3. The van der Waals surface area contributed by atoms with Gasteiger partial charge in [-0.15, -0.1) is 21.5 Å². The first-order chi connectivity index (χ1) is 15.4. The summed E-state index contributed by atoms with van der Waals surface area (Å²) in [6, 6.07) is 13.2. The smallest absolute Gasteiger partial charge is 0.269 e. The van der Waals surface area contributed by atoms with E-state index in [1.165, 1.54) is 22.7 Å². The lowest BCUT2D eigenvalue weighted by molar-refractivity contribution is -0.117. The van der Waals surface area contributed by atoms with Crippen molar-refractivity contribution in [2.75, 3.05) is 16.8 Å². The van der Waals surface area contributed by atoms with Crippen LogP contribution in [0.15, 0.2) is 42.5 Å². The highest BCUT2D eigenvalue weighted by Gasteiger charge is 2.34. The van der Waals surface area contributed by atoms with Crippen LogP contribution >= 0.6 is 45.9 Å². The van der Waals surface area contributed by atoms with Crippen LogP contribution in [-0.4, -0.2) is 28.6 Å². The number of hydrogen-bond acceptors (Lipinski definition) is 6. The molecule has 2 aromatic carbocycles. The Bertz CT molecular complexity index is 1370. The molecule has 1 fully saturated rings. The van der Waals surface area contributed by atoms with E-state index in [1.54, 1.807) is 11.0 Å². The van der Waals surface area contributed by atoms with Gasteiger partial charge in [0.2, 0.25) is 11.0 Å². The molecule has 32 heavy (non-hydrogen) atoms. The van der Waals surface area contributed by atoms with E-state index in [4.69, 9.17) is 23.2 Å². The highest BCUT2D eigenvalue weighted by Crippen LogP contribution is 2.37. The van der Waals surface area contributed by atoms with E-state index >= 15 is 0 Å². The van der Waals surface area contributed by atoms with Crippen LogP contribution in [0.25, 0.3) is 10.1 Å². The summed E-state index contributed by atoms with van der Waals surface area (Å²) in [5.41, 5.74) is 1.73. The zero-order chi connectivity index (χ0) is 22.4. The third kappa shape index (κ3) is 3.88. The van der Waals surface area contributed by atoms with E-state index in [0.29, 0.717) is 38.0 Å². The Morgan fingerprint density at radius 3 is 2.75 bits per heavy atom. The normalized spacial score (nSPS) is 16.2. The fourth-order valence-corrected chi connectivity index (χ4v) is 6.05. The van der Waals surface area contributed by atoms with Crippen molar-refractivity contribution in [3.8, 4) is 0 Å². The molecule has 2 amide bonds. The molecular formula is C22H16Cl2N4O2S2. The van der Waals surface area contributed by atoms with Gasteiger partial charge < -0.3 is 4.90 Å². The average molecular weight is 503 g/mol. The SMILES string of the molecule is Cc1ccc(N2C[C@@H](c3nnc(NC(=O)c4sc5ccccc5c4Cl)s3)CC2=O)cc1Cl. The number of amides is 2. The zero-order valence-corrected chi connectivity index (χ0v) is 19.9. The first-order valence-corrected chi connectivity index (χ1v) is 12.2. The molecule has 1 saturated heterocycles. The van der Waals surface area contributed by atoms with Crippen molar-refractivity contribution in [2.24, 2.45) is 0 Å². The van der Waals surface area contributed by atoms with Gasteiger partial charge in [0.25, 0.3) is 5.91 Å². The van der Waals surface area contributed by atoms with Gasteiger partial charge >= 0.3 is 0 Å². The van der Waals surface area contributed by atoms with Gasteiger partial charge in [-0.05, 0) is 30.7 Å². The molecule has 0 aliphatic carbocycles. The molecule has 1 aliphatic heterocycles. The third-order valence-corrected chi connectivity index (χ3v) is 8.43. The van der Waals surface area contributed by atoms with Gasteiger partial charge in [-0.1, -0.05) is 58.8 Å². The maximum Gasteiger partial charge on any atom is 0.269 e. The molecule has 0 saturated carbocycles. The Kier molecular flexibility index (Phi) is 5.63. The van der Waals surface area contributed by atoms with Crippen molar-refractivity contribution < 1.29 is 9.59 Å². The van der Waals surface area contributed by atoms with Crippen molar-refractivity contribution in [2.45, 2.75) is 19.3 Å². The lowest BCUT2D eigenvalue weighted by Crippen LogP contribution is -2.24. The molecular weight excluding hydrogens is 487 g/mol. The molecule has 2 aromatic heterocycles. The van der Waals surface area contributed by atoms with Gasteiger partial charge in [-0.2, -0.15) is 0 Å². The van der Waals surface area contributed by atoms with Crippen LogP contribution in [0.1, 0.15) is 32.6 Å². The molecule has 0 bridgehead atoms. The summed E-state index contributed by atoms with van der Waals surface area (Å²) in [5, 5.41) is 14.1. The summed E-state index contributed by atoms with van der Waals surface area (Å²) >= 11 is 15.2. The Hall–Kier alpha value is -2.52. The van der Waals surface area contributed by atoms with Gasteiger partial charge in [-0.25, -0.2) is 0 Å². The number of carbonyl (C=O) groups is 2. The summed E-state index contributed by atoms with van der Waals surface area (Å²) in [5.74, 6) is -0.413. The van der Waals surface area contributed by atoms with Crippen LogP contribution < -0.4 is 10.2 Å². The minimum Gasteiger partial charge on any atom is -0.312 e. The summed E-state index contributed by atoms with van der Waals surface area (Å²) in [7, 11) is 0. The predicted octanol–water partition coefficient (Wildman–Crippen LogP) is 6.14. The number of nitrogens with zero attached hydrogens (tertiary/aromatic N) is 3. The molecule has 0 unspecified atom stereocenters. The van der Waals surface area contributed by atoms with Gasteiger partial charge in [0.05, 0.1) is 5.02 Å². The molecule has 3 heterocycles. The number of anilines is 2. The number of rotatable bonds is 4. The maximum absolute atomic E-state index is 12.8. The summed E-state index contributed by atoms with van der Waals surface area (Å²) in [6.07, 6.45) is 0.330. The number of halogens is 2. The molecule has 0 spiro atoms. The third-order valence-electron chi connectivity index (χ3n) is 5.34. The van der Waals surface area contributed by atoms with Gasteiger partial charge in [-0.3, -0.25) is 14.9 Å². The minimum absolute atomic E-state index is 0.00719. The number of thiophene rings is 1. The second-order valence-corrected chi connectivity index (χ2v) is 10.3. The molecule has 162 valence electrons. The van der Waals surface area contributed by atoms with Crippen molar-refractivity contribution >= 4 is 78.6 Å². The highest BCUT2D eigenvalue weighted by atomic mass is 35.5. The van der Waals surface area contributed by atoms with Gasteiger partial charge in [0.15, 0.2) is 0 Å². The van der Waals surface area contributed by atoms with Crippen LogP contribution in [0.4, 0.5) is 10.8 Å². The standard InChI is InChI=1S/C22H16Cl2N4O2S2/c1-11-6-7-13(9-15(11)23)28-10-12(8-17(28)29)21-26-27-22(32-21)25-20(30)19-18(24)14-4-2-3-5-16(14)31-19/h2-7,9,12H,8,10H2,1H3,(H,25,27,30)/t12-/m0/s1. The van der Waals surface area contributed by atoms with E-state index in [0.717, 1.165) is 21.3 Å². The number of benzene rings is 2. The Morgan fingerprint density at radius 1 is 1.16 bits per heavy atom. The van der Waals surface area contributed by atoms with Crippen molar-refractivity contribution in [1.82, 2.24) is 10.2 Å². The van der Waals surface area contributed by atoms with Crippen molar-refractivity contribution in [3.05, 3.63) is 68.0 Å². The number of carbonyl (C=O) groups excluding carboxylic acids is 2. The molecule has 1 aliphatic rings. The molecule has 1 N–H and O–H groups in total. The number of nitrogens with one attached hydrogen (secondary N) is 1. The van der Waals surface area contributed by atoms with Crippen LogP contribution in [-0.2, 0) is 4.79 Å². The van der Waals surface area contributed by atoms with Crippen molar-refractivity contribution in [3.63, 3.8) is 0 Å². The Labute approximate surface area is 201 Å². The van der Waals surface area contributed by atoms with Gasteiger partial charge in [0, 0.05) is 39.7 Å². The number of aromatic nitrogens is 2. The number of hydrogen-bond donors (Lipinski definition) is 1. The fourth-order valence-electron chi connectivity index (χ4n) is 3.64. The monoisotopic (exact) mass is 502 g/mol. The largest absolute Gasteiger partial charge is 0.312 e. The van der Waals surface area contributed by atoms with Crippen LogP contribution in [0.5, 0.6) is 0 Å². The highest BCUT2D eigenvalue weighted by molar-refractivity contribution is 7.22. The summed E-state index contributed by atoms with van der Waals surface area (Å²) < 4.78 is 0.946. The fraction of sp³-hybridized carbons (Fsp3) is 0.182. The first-order valence-electron chi connectivity index (χ1n) is 9.79. The molecule has 4 aromatic rings.